The highest BCUT2D eigenvalue weighted by Crippen LogP contribution is 2.34. The van der Waals surface area contributed by atoms with Crippen LogP contribution in [0.3, 0.4) is 0 Å². The third-order valence-corrected chi connectivity index (χ3v) is 7.39. The molecule has 2 heterocycles. The maximum Gasteiger partial charge on any atom is 0.254 e. The molecule has 1 atom stereocenters. The van der Waals surface area contributed by atoms with Gasteiger partial charge in [0.2, 0.25) is 10.0 Å². The Labute approximate surface area is 165 Å². The monoisotopic (exact) mass is 400 g/mol. The van der Waals surface area contributed by atoms with Crippen LogP contribution in [0, 0.1) is 0 Å². The number of ether oxygens (including phenoxy) is 1. The fourth-order valence-electron chi connectivity index (χ4n) is 4.05. The summed E-state index contributed by atoms with van der Waals surface area (Å²) < 4.78 is 30.8. The fraction of sp³-hybridized carbons (Fsp3) is 0.381. The van der Waals surface area contributed by atoms with Gasteiger partial charge in [-0.15, -0.1) is 0 Å². The summed E-state index contributed by atoms with van der Waals surface area (Å²) in [7, 11) is -1.58. The van der Waals surface area contributed by atoms with E-state index < -0.39 is 10.0 Å². The Morgan fingerprint density at radius 1 is 1.00 bits per heavy atom. The van der Waals surface area contributed by atoms with Crippen LogP contribution in [-0.4, -0.2) is 45.2 Å². The number of carbonyl (C=O) groups is 1. The Morgan fingerprint density at radius 3 is 2.32 bits per heavy atom. The van der Waals surface area contributed by atoms with Crippen LogP contribution in [0.4, 0.5) is 5.69 Å². The number of hydrogen-bond acceptors (Lipinski definition) is 4. The van der Waals surface area contributed by atoms with Gasteiger partial charge in [-0.05, 0) is 61.2 Å². The first-order valence-electron chi connectivity index (χ1n) is 9.55. The molecule has 0 saturated carbocycles. The minimum Gasteiger partial charge on any atom is -0.497 e. The molecule has 4 rings (SSSR count). The van der Waals surface area contributed by atoms with Crippen LogP contribution in [0.25, 0.3) is 0 Å². The maximum atomic E-state index is 13.1. The van der Waals surface area contributed by atoms with Crippen molar-refractivity contribution in [2.45, 2.75) is 25.3 Å². The molecule has 6 nitrogen and oxygen atoms in total. The summed E-state index contributed by atoms with van der Waals surface area (Å²) in [6.45, 7) is 1.22. The summed E-state index contributed by atoms with van der Waals surface area (Å²) in [6.07, 6.45) is 2.54. The zero-order chi connectivity index (χ0) is 19.7. The number of rotatable bonds is 4. The largest absolute Gasteiger partial charge is 0.497 e. The van der Waals surface area contributed by atoms with E-state index in [2.05, 4.69) is 0 Å². The number of sulfonamides is 1. The van der Waals surface area contributed by atoms with Gasteiger partial charge >= 0.3 is 0 Å². The van der Waals surface area contributed by atoms with Crippen molar-refractivity contribution in [3.05, 3.63) is 59.7 Å². The summed E-state index contributed by atoms with van der Waals surface area (Å²) >= 11 is 0. The maximum absolute atomic E-state index is 13.1. The lowest BCUT2D eigenvalue weighted by atomic mass is 10.0. The third-order valence-electron chi connectivity index (χ3n) is 5.52. The molecular weight excluding hydrogens is 376 g/mol. The Balaban J connectivity index is 1.53. The van der Waals surface area contributed by atoms with Crippen molar-refractivity contribution in [3.8, 4) is 5.75 Å². The van der Waals surface area contributed by atoms with Gasteiger partial charge < -0.3 is 9.64 Å². The highest BCUT2D eigenvalue weighted by molar-refractivity contribution is 7.93. The quantitative estimate of drug-likeness (QED) is 0.790. The van der Waals surface area contributed by atoms with Gasteiger partial charge in [-0.3, -0.25) is 9.10 Å². The summed E-state index contributed by atoms with van der Waals surface area (Å²) in [6, 6.07) is 14.8. The average Bonchev–Trinajstić information content (AvgIpc) is 3.34. The molecule has 0 radical (unpaired) electrons. The van der Waals surface area contributed by atoms with E-state index in [9.17, 15) is 13.2 Å². The molecule has 2 fully saturated rings. The molecule has 148 valence electrons. The second-order valence-electron chi connectivity index (χ2n) is 7.22. The highest BCUT2D eigenvalue weighted by Gasteiger charge is 2.31. The van der Waals surface area contributed by atoms with Gasteiger partial charge in [0.25, 0.3) is 5.91 Å². The van der Waals surface area contributed by atoms with Gasteiger partial charge in [0.1, 0.15) is 5.75 Å². The lowest BCUT2D eigenvalue weighted by Gasteiger charge is -2.25. The van der Waals surface area contributed by atoms with Crippen LogP contribution in [0.1, 0.15) is 41.2 Å². The lowest BCUT2D eigenvalue weighted by Crippen LogP contribution is -2.30. The van der Waals surface area contributed by atoms with Gasteiger partial charge in [-0.2, -0.15) is 0 Å². The van der Waals surface area contributed by atoms with Crippen molar-refractivity contribution >= 4 is 21.6 Å². The number of anilines is 1. The summed E-state index contributed by atoms with van der Waals surface area (Å²) in [5.41, 5.74) is 2.31. The smallest absolute Gasteiger partial charge is 0.254 e. The number of nitrogens with zero attached hydrogens (tertiary/aromatic N) is 2. The molecule has 0 unspecified atom stereocenters. The van der Waals surface area contributed by atoms with Crippen LogP contribution >= 0.6 is 0 Å². The van der Waals surface area contributed by atoms with Crippen molar-refractivity contribution in [2.24, 2.45) is 0 Å². The van der Waals surface area contributed by atoms with E-state index in [0.29, 0.717) is 24.2 Å². The van der Waals surface area contributed by atoms with Gasteiger partial charge in [0, 0.05) is 18.7 Å². The molecule has 7 heteroatoms. The molecule has 2 aliphatic rings. The number of amides is 1. The normalized spacial score (nSPS) is 21.1. The van der Waals surface area contributed by atoms with Crippen molar-refractivity contribution in [2.75, 3.05) is 30.3 Å². The Morgan fingerprint density at radius 2 is 1.71 bits per heavy atom. The Kier molecular flexibility index (Phi) is 5.02. The van der Waals surface area contributed by atoms with Crippen LogP contribution in [-0.2, 0) is 10.0 Å². The fourth-order valence-corrected chi connectivity index (χ4v) is 5.61. The lowest BCUT2D eigenvalue weighted by molar-refractivity contribution is 0.0735. The predicted molar refractivity (Wildman–Crippen MR) is 108 cm³/mol. The van der Waals surface area contributed by atoms with Crippen LogP contribution in [0.5, 0.6) is 5.75 Å². The zero-order valence-electron chi connectivity index (χ0n) is 15.9. The van der Waals surface area contributed by atoms with E-state index in [4.69, 9.17) is 4.74 Å². The van der Waals surface area contributed by atoms with E-state index in [-0.39, 0.29) is 17.7 Å². The molecule has 2 aromatic rings. The molecule has 1 amide bonds. The first-order valence-corrected chi connectivity index (χ1v) is 11.2. The second kappa shape index (κ2) is 7.47. The number of hydrogen-bond donors (Lipinski definition) is 0. The molecule has 0 bridgehead atoms. The van der Waals surface area contributed by atoms with Gasteiger partial charge in [-0.25, -0.2) is 8.42 Å². The summed E-state index contributed by atoms with van der Waals surface area (Å²) in [5, 5.41) is 0. The zero-order valence-corrected chi connectivity index (χ0v) is 16.7. The van der Waals surface area contributed by atoms with Crippen molar-refractivity contribution in [1.29, 1.82) is 0 Å². The van der Waals surface area contributed by atoms with E-state index in [0.717, 1.165) is 30.7 Å². The molecule has 0 N–H and O–H groups in total. The molecule has 2 aromatic carbocycles. The van der Waals surface area contributed by atoms with Crippen LogP contribution in [0.2, 0.25) is 0 Å². The van der Waals surface area contributed by atoms with Gasteiger partial charge in [0.05, 0.1) is 24.6 Å². The molecule has 28 heavy (non-hydrogen) atoms. The van der Waals surface area contributed by atoms with Crippen LogP contribution in [0.15, 0.2) is 48.5 Å². The molecule has 0 aromatic heterocycles. The molecular formula is C21H24N2O4S. The van der Waals surface area contributed by atoms with Gasteiger partial charge in [-0.1, -0.05) is 12.1 Å². The standard InChI is InChI=1S/C21H24N2O4S/c1-27-19-11-7-16(8-12-19)20-4-2-13-22(20)21(24)17-5-9-18(10-6-17)23-14-3-15-28(23,25)26/h5-12,20H,2-4,13-15H2,1H3/t20-/m1/s1. The first-order chi connectivity index (χ1) is 13.5. The van der Waals surface area contributed by atoms with Gasteiger partial charge in [0.15, 0.2) is 0 Å². The van der Waals surface area contributed by atoms with Crippen molar-refractivity contribution < 1.29 is 17.9 Å². The van der Waals surface area contributed by atoms with E-state index in [1.54, 1.807) is 31.4 Å². The molecule has 0 spiro atoms. The van der Waals surface area contributed by atoms with Crippen molar-refractivity contribution in [3.63, 3.8) is 0 Å². The Bertz CT molecular complexity index is 955. The Hall–Kier alpha value is -2.54. The van der Waals surface area contributed by atoms with Crippen LogP contribution < -0.4 is 9.04 Å². The average molecular weight is 401 g/mol. The number of methoxy groups -OCH3 is 1. The SMILES string of the molecule is COc1ccc([C@H]2CCCN2C(=O)c2ccc(N3CCCS3(=O)=O)cc2)cc1. The molecule has 0 aliphatic carbocycles. The minimum absolute atomic E-state index is 0.0193. The number of carbonyl (C=O) groups excluding carboxylic acids is 1. The third kappa shape index (κ3) is 3.46. The van der Waals surface area contributed by atoms with E-state index in [1.165, 1.54) is 4.31 Å². The summed E-state index contributed by atoms with van der Waals surface area (Å²) in [4.78, 5) is 15.0. The summed E-state index contributed by atoms with van der Waals surface area (Å²) in [5.74, 6) is 0.964. The number of benzene rings is 2. The predicted octanol–water partition coefficient (Wildman–Crippen LogP) is 3.21. The number of likely N-dealkylation sites (tertiary alicyclic amines) is 1. The first kappa shape index (κ1) is 18.8. The highest BCUT2D eigenvalue weighted by atomic mass is 32.2. The van der Waals surface area contributed by atoms with E-state index in [1.807, 2.05) is 29.2 Å². The topological polar surface area (TPSA) is 66.9 Å². The molecule has 2 saturated heterocycles. The molecule has 2 aliphatic heterocycles. The van der Waals surface area contributed by atoms with E-state index >= 15 is 0 Å². The van der Waals surface area contributed by atoms with Crippen molar-refractivity contribution in [1.82, 2.24) is 4.90 Å². The minimum atomic E-state index is -3.21. The second-order valence-corrected chi connectivity index (χ2v) is 9.23.